The average Bonchev–Trinajstić information content (AvgIpc) is 2.46. The molecule has 0 saturated carbocycles. The summed E-state index contributed by atoms with van der Waals surface area (Å²) in [5.41, 5.74) is -0.759. The van der Waals surface area contributed by atoms with Gasteiger partial charge >= 0.3 is 6.18 Å². The Kier molecular flexibility index (Phi) is 7.70. The van der Waals surface area contributed by atoms with E-state index >= 15 is 0 Å². The van der Waals surface area contributed by atoms with Crippen molar-refractivity contribution in [2.75, 3.05) is 5.75 Å². The molecule has 0 saturated heterocycles. The van der Waals surface area contributed by atoms with Gasteiger partial charge in [-0.15, -0.1) is 0 Å². The summed E-state index contributed by atoms with van der Waals surface area (Å²) in [4.78, 5) is 0. The highest BCUT2D eigenvalue weighted by Crippen LogP contribution is 2.32. The predicted molar refractivity (Wildman–Crippen MR) is 87.1 cm³/mol. The fraction of sp³-hybridized carbons (Fsp3) is 0.647. The zero-order valence-corrected chi connectivity index (χ0v) is 14.8. The SMILES string of the molecule is CC(C)S(=O)(=O)CCCCCCCc1ccc(F)c(C(F)(F)F)c1. The van der Waals surface area contributed by atoms with Crippen molar-refractivity contribution in [2.24, 2.45) is 0 Å². The molecule has 0 unspecified atom stereocenters. The maximum absolute atomic E-state index is 13.2. The van der Waals surface area contributed by atoms with E-state index < -0.39 is 27.4 Å². The zero-order chi connectivity index (χ0) is 18.4. The number of sulfone groups is 1. The Morgan fingerprint density at radius 1 is 1.00 bits per heavy atom. The van der Waals surface area contributed by atoms with Crippen LogP contribution in [0.3, 0.4) is 0 Å². The highest BCUT2D eigenvalue weighted by atomic mass is 32.2. The van der Waals surface area contributed by atoms with Gasteiger partial charge in [0.05, 0.1) is 16.6 Å². The van der Waals surface area contributed by atoms with Crippen molar-refractivity contribution in [3.05, 3.63) is 35.1 Å². The van der Waals surface area contributed by atoms with Gasteiger partial charge in [-0.2, -0.15) is 13.2 Å². The molecule has 0 radical (unpaired) electrons. The number of aryl methyl sites for hydroxylation is 1. The van der Waals surface area contributed by atoms with Crippen molar-refractivity contribution in [3.8, 4) is 0 Å². The van der Waals surface area contributed by atoms with Crippen LogP contribution in [0.1, 0.15) is 57.1 Å². The fourth-order valence-corrected chi connectivity index (χ4v) is 3.42. The van der Waals surface area contributed by atoms with Crippen molar-refractivity contribution in [1.29, 1.82) is 0 Å². The minimum Gasteiger partial charge on any atom is -0.229 e. The number of hydrogen-bond acceptors (Lipinski definition) is 2. The van der Waals surface area contributed by atoms with Gasteiger partial charge in [0.15, 0.2) is 9.84 Å². The van der Waals surface area contributed by atoms with Gasteiger partial charge in [0.1, 0.15) is 5.82 Å². The van der Waals surface area contributed by atoms with E-state index in [1.807, 2.05) is 0 Å². The Balaban J connectivity index is 2.32. The maximum Gasteiger partial charge on any atom is 0.419 e. The van der Waals surface area contributed by atoms with Crippen molar-refractivity contribution in [2.45, 2.75) is 63.8 Å². The third-order valence-electron chi connectivity index (χ3n) is 3.95. The molecule has 0 heterocycles. The van der Waals surface area contributed by atoms with Gasteiger partial charge in [-0.3, -0.25) is 0 Å². The lowest BCUT2D eigenvalue weighted by Crippen LogP contribution is -2.17. The highest BCUT2D eigenvalue weighted by molar-refractivity contribution is 7.91. The predicted octanol–water partition coefficient (Wildman–Crippen LogP) is 5.16. The fourth-order valence-electron chi connectivity index (χ4n) is 2.34. The van der Waals surface area contributed by atoms with Gasteiger partial charge in [0, 0.05) is 0 Å². The molecule has 0 bridgehead atoms. The first-order valence-corrected chi connectivity index (χ1v) is 9.83. The topological polar surface area (TPSA) is 34.1 Å². The molecule has 0 atom stereocenters. The summed E-state index contributed by atoms with van der Waals surface area (Å²) in [5, 5.41) is -0.362. The standard InChI is InChI=1S/C17H24F4O2S/c1-13(2)24(22,23)11-7-5-3-4-6-8-14-9-10-16(18)15(12-14)17(19,20)21/h9-10,12-13H,3-8,11H2,1-2H3. The molecule has 1 aromatic carbocycles. The van der Waals surface area contributed by atoms with E-state index in [1.54, 1.807) is 13.8 Å². The molecule has 7 heteroatoms. The molecule has 138 valence electrons. The molecule has 0 spiro atoms. The van der Waals surface area contributed by atoms with Crippen LogP contribution < -0.4 is 0 Å². The van der Waals surface area contributed by atoms with E-state index in [0.717, 1.165) is 31.4 Å². The molecule has 2 nitrogen and oxygen atoms in total. The van der Waals surface area contributed by atoms with Crippen LogP contribution in [0.2, 0.25) is 0 Å². The number of hydrogen-bond donors (Lipinski definition) is 0. The minimum absolute atomic E-state index is 0.178. The van der Waals surface area contributed by atoms with Crippen LogP contribution in [-0.2, 0) is 22.4 Å². The maximum atomic E-state index is 13.2. The van der Waals surface area contributed by atoms with Gasteiger partial charge in [0.2, 0.25) is 0 Å². The molecule has 24 heavy (non-hydrogen) atoms. The van der Waals surface area contributed by atoms with Gasteiger partial charge in [-0.25, -0.2) is 12.8 Å². The summed E-state index contributed by atoms with van der Waals surface area (Å²) >= 11 is 0. The average molecular weight is 368 g/mol. The Morgan fingerprint density at radius 2 is 1.58 bits per heavy atom. The third kappa shape index (κ3) is 6.79. The second-order valence-electron chi connectivity index (χ2n) is 6.25. The molecule has 0 N–H and O–H groups in total. The van der Waals surface area contributed by atoms with Crippen LogP contribution in [0.5, 0.6) is 0 Å². The van der Waals surface area contributed by atoms with Gasteiger partial charge in [0.25, 0.3) is 0 Å². The van der Waals surface area contributed by atoms with Crippen molar-refractivity contribution >= 4 is 9.84 Å². The van der Waals surface area contributed by atoms with E-state index in [1.165, 1.54) is 6.07 Å². The summed E-state index contributed by atoms with van der Waals surface area (Å²) in [6, 6.07) is 3.10. The Hall–Kier alpha value is -1.11. The van der Waals surface area contributed by atoms with Crippen LogP contribution in [0.25, 0.3) is 0 Å². The van der Waals surface area contributed by atoms with Gasteiger partial charge < -0.3 is 0 Å². The molecule has 0 aliphatic rings. The van der Waals surface area contributed by atoms with Crippen molar-refractivity contribution in [3.63, 3.8) is 0 Å². The normalized spacial score (nSPS) is 12.8. The lowest BCUT2D eigenvalue weighted by Gasteiger charge is -2.10. The number of benzene rings is 1. The number of alkyl halides is 3. The first kappa shape index (κ1) is 20.9. The molecule has 1 rings (SSSR count). The molecule has 0 fully saturated rings. The summed E-state index contributed by atoms with van der Waals surface area (Å²) < 4.78 is 74.3. The van der Waals surface area contributed by atoms with Crippen LogP contribution >= 0.6 is 0 Å². The molecular formula is C17H24F4O2S. The Bertz CT molecular complexity index is 622. The van der Waals surface area contributed by atoms with Crippen molar-refractivity contribution in [1.82, 2.24) is 0 Å². The second-order valence-corrected chi connectivity index (χ2v) is 8.92. The summed E-state index contributed by atoms with van der Waals surface area (Å²) in [6.45, 7) is 3.32. The summed E-state index contributed by atoms with van der Waals surface area (Å²) in [5.74, 6) is -1.07. The van der Waals surface area contributed by atoms with E-state index in [4.69, 9.17) is 0 Å². The zero-order valence-electron chi connectivity index (χ0n) is 14.0. The van der Waals surface area contributed by atoms with Crippen LogP contribution in [0.4, 0.5) is 17.6 Å². The van der Waals surface area contributed by atoms with Crippen LogP contribution in [0.15, 0.2) is 18.2 Å². The van der Waals surface area contributed by atoms with Crippen LogP contribution in [-0.4, -0.2) is 19.4 Å². The number of halogens is 4. The molecule has 1 aromatic rings. The van der Waals surface area contributed by atoms with E-state index in [-0.39, 0.29) is 11.0 Å². The van der Waals surface area contributed by atoms with Crippen LogP contribution in [0, 0.1) is 5.82 Å². The first-order chi connectivity index (χ1) is 11.0. The lowest BCUT2D eigenvalue weighted by molar-refractivity contribution is -0.140. The quantitative estimate of drug-likeness (QED) is 0.446. The van der Waals surface area contributed by atoms with E-state index in [2.05, 4.69) is 0 Å². The molecule has 0 aliphatic heterocycles. The number of unbranched alkanes of at least 4 members (excludes halogenated alkanes) is 4. The molecule has 0 aromatic heterocycles. The summed E-state index contributed by atoms with van der Waals surface area (Å²) in [7, 11) is -3.00. The van der Waals surface area contributed by atoms with E-state index in [0.29, 0.717) is 24.8 Å². The molecule has 0 amide bonds. The largest absolute Gasteiger partial charge is 0.419 e. The smallest absolute Gasteiger partial charge is 0.229 e. The Labute approximate surface area is 141 Å². The lowest BCUT2D eigenvalue weighted by atomic mass is 10.0. The monoisotopic (exact) mass is 368 g/mol. The van der Waals surface area contributed by atoms with E-state index in [9.17, 15) is 26.0 Å². The molecular weight excluding hydrogens is 344 g/mol. The first-order valence-electron chi connectivity index (χ1n) is 8.11. The van der Waals surface area contributed by atoms with Crippen molar-refractivity contribution < 1.29 is 26.0 Å². The number of rotatable bonds is 9. The summed E-state index contributed by atoms with van der Waals surface area (Å²) in [6.07, 6.45) is -0.505. The minimum atomic E-state index is -4.68. The van der Waals surface area contributed by atoms with Gasteiger partial charge in [-0.1, -0.05) is 25.3 Å². The Morgan fingerprint density at radius 3 is 2.17 bits per heavy atom. The van der Waals surface area contributed by atoms with Gasteiger partial charge in [-0.05, 0) is 50.8 Å². The molecule has 0 aliphatic carbocycles. The second kappa shape index (κ2) is 8.83. The third-order valence-corrected chi connectivity index (χ3v) is 6.24. The highest BCUT2D eigenvalue weighted by Gasteiger charge is 2.34.